The quantitative estimate of drug-likeness (QED) is 0.460. The molecular formula is C20H18N4OS. The van der Waals surface area contributed by atoms with Crippen molar-refractivity contribution >= 4 is 22.8 Å². The van der Waals surface area contributed by atoms with Gasteiger partial charge < -0.3 is 4.52 Å². The van der Waals surface area contributed by atoms with Gasteiger partial charge in [-0.25, -0.2) is 4.98 Å². The lowest BCUT2D eigenvalue weighted by molar-refractivity contribution is 0.374. The van der Waals surface area contributed by atoms with Crippen LogP contribution in [0.15, 0.2) is 64.3 Å². The Morgan fingerprint density at radius 2 is 1.81 bits per heavy atom. The van der Waals surface area contributed by atoms with E-state index in [2.05, 4.69) is 39.8 Å². The van der Waals surface area contributed by atoms with Gasteiger partial charge in [-0.05, 0) is 44.0 Å². The molecule has 0 aliphatic heterocycles. The molecule has 2 aromatic carbocycles. The van der Waals surface area contributed by atoms with E-state index in [0.717, 1.165) is 27.7 Å². The van der Waals surface area contributed by atoms with Gasteiger partial charge in [-0.15, -0.1) is 0 Å². The van der Waals surface area contributed by atoms with Crippen LogP contribution in [0.5, 0.6) is 0 Å². The number of aromatic nitrogens is 4. The van der Waals surface area contributed by atoms with E-state index in [4.69, 9.17) is 9.51 Å². The number of thioether (sulfide) groups is 1. The van der Waals surface area contributed by atoms with Crippen molar-refractivity contribution < 1.29 is 4.52 Å². The Morgan fingerprint density at radius 3 is 2.62 bits per heavy atom. The second kappa shape index (κ2) is 6.29. The van der Waals surface area contributed by atoms with Crippen LogP contribution in [0.25, 0.3) is 16.7 Å². The van der Waals surface area contributed by atoms with Crippen LogP contribution >= 0.6 is 11.8 Å². The summed E-state index contributed by atoms with van der Waals surface area (Å²) in [5.41, 5.74) is 3.17. The molecule has 2 heterocycles. The molecule has 2 aromatic heterocycles. The van der Waals surface area contributed by atoms with E-state index < -0.39 is 0 Å². The van der Waals surface area contributed by atoms with E-state index >= 15 is 0 Å². The topological polar surface area (TPSA) is 56.7 Å². The third-order valence-electron chi connectivity index (χ3n) is 4.57. The van der Waals surface area contributed by atoms with Crippen LogP contribution in [-0.4, -0.2) is 19.7 Å². The van der Waals surface area contributed by atoms with Crippen molar-refractivity contribution in [3.8, 4) is 5.69 Å². The van der Waals surface area contributed by atoms with Crippen LogP contribution in [0.2, 0.25) is 0 Å². The van der Waals surface area contributed by atoms with Crippen molar-refractivity contribution in [3.05, 3.63) is 66.3 Å². The number of hydrogen-bond donors (Lipinski definition) is 0. The smallest absolute Gasteiger partial charge is 0.239 e. The van der Waals surface area contributed by atoms with Gasteiger partial charge in [0.25, 0.3) is 0 Å². The summed E-state index contributed by atoms with van der Waals surface area (Å²) in [6.07, 6.45) is 2.34. The fourth-order valence-electron chi connectivity index (χ4n) is 3.04. The third-order valence-corrected chi connectivity index (χ3v) is 5.61. The molecule has 0 bridgehead atoms. The Hall–Kier alpha value is -2.60. The number of nitrogens with zero attached hydrogens (tertiary/aromatic N) is 4. The van der Waals surface area contributed by atoms with Crippen LogP contribution < -0.4 is 0 Å². The summed E-state index contributed by atoms with van der Waals surface area (Å²) in [5, 5.41) is 5.10. The molecule has 1 aliphatic carbocycles. The molecule has 130 valence electrons. The molecule has 0 N–H and O–H groups in total. The van der Waals surface area contributed by atoms with Gasteiger partial charge in [0.1, 0.15) is 0 Å². The Kier molecular flexibility index (Phi) is 3.78. The van der Waals surface area contributed by atoms with Crippen LogP contribution in [-0.2, 0) is 0 Å². The second-order valence-electron chi connectivity index (χ2n) is 6.58. The van der Waals surface area contributed by atoms with Crippen molar-refractivity contribution in [1.29, 1.82) is 0 Å². The Labute approximate surface area is 155 Å². The molecule has 1 aliphatic rings. The molecule has 4 aromatic rings. The zero-order valence-corrected chi connectivity index (χ0v) is 15.2. The van der Waals surface area contributed by atoms with Gasteiger partial charge in [0.15, 0.2) is 11.0 Å². The van der Waals surface area contributed by atoms with Crippen molar-refractivity contribution in [2.24, 2.45) is 0 Å². The SMILES string of the molecule is CC(Sc1nc2ccccc2n1-c1ccccc1)c1nc(C2CC2)no1. The molecule has 6 heteroatoms. The normalized spacial score (nSPS) is 15.4. The summed E-state index contributed by atoms with van der Waals surface area (Å²) < 4.78 is 7.69. The average molecular weight is 362 g/mol. The lowest BCUT2D eigenvalue weighted by Crippen LogP contribution is -1.98. The first-order valence-electron chi connectivity index (χ1n) is 8.82. The highest BCUT2D eigenvalue weighted by molar-refractivity contribution is 7.99. The van der Waals surface area contributed by atoms with Crippen molar-refractivity contribution in [2.45, 2.75) is 36.1 Å². The van der Waals surface area contributed by atoms with E-state index in [9.17, 15) is 0 Å². The maximum absolute atomic E-state index is 5.50. The number of para-hydroxylation sites is 3. The van der Waals surface area contributed by atoms with Gasteiger partial charge in [0, 0.05) is 11.6 Å². The van der Waals surface area contributed by atoms with Crippen LogP contribution in [0, 0.1) is 0 Å². The van der Waals surface area contributed by atoms with E-state index in [1.165, 1.54) is 12.8 Å². The Bertz CT molecular complexity index is 1050. The van der Waals surface area contributed by atoms with E-state index in [-0.39, 0.29) is 5.25 Å². The molecule has 26 heavy (non-hydrogen) atoms. The minimum absolute atomic E-state index is 0.0364. The Morgan fingerprint density at radius 1 is 1.04 bits per heavy atom. The summed E-state index contributed by atoms with van der Waals surface area (Å²) in [7, 11) is 0. The first-order valence-corrected chi connectivity index (χ1v) is 9.70. The zero-order valence-electron chi connectivity index (χ0n) is 14.4. The zero-order chi connectivity index (χ0) is 17.5. The van der Waals surface area contributed by atoms with Crippen molar-refractivity contribution in [2.75, 3.05) is 0 Å². The fourth-order valence-corrected chi connectivity index (χ4v) is 4.01. The maximum Gasteiger partial charge on any atom is 0.239 e. The first kappa shape index (κ1) is 15.6. The van der Waals surface area contributed by atoms with Gasteiger partial charge in [-0.1, -0.05) is 47.3 Å². The molecule has 0 spiro atoms. The molecule has 0 radical (unpaired) electrons. The molecule has 5 nitrogen and oxygen atoms in total. The van der Waals surface area contributed by atoms with Crippen LogP contribution in [0.4, 0.5) is 0 Å². The molecule has 0 amide bonds. The highest BCUT2D eigenvalue weighted by Gasteiger charge is 2.30. The Balaban J connectivity index is 1.53. The van der Waals surface area contributed by atoms with Gasteiger partial charge in [-0.3, -0.25) is 4.57 Å². The molecule has 1 atom stereocenters. The predicted molar refractivity (Wildman–Crippen MR) is 102 cm³/mol. The minimum atomic E-state index is 0.0364. The number of benzene rings is 2. The first-order chi connectivity index (χ1) is 12.8. The van der Waals surface area contributed by atoms with Gasteiger partial charge in [0.05, 0.1) is 16.3 Å². The number of imidazole rings is 1. The maximum atomic E-state index is 5.50. The molecule has 1 unspecified atom stereocenters. The monoisotopic (exact) mass is 362 g/mol. The largest absolute Gasteiger partial charge is 0.338 e. The number of fused-ring (bicyclic) bond motifs is 1. The standard InChI is InChI=1S/C20H18N4OS/c1-13(19-22-18(23-25-19)14-11-12-14)26-20-21-16-9-5-6-10-17(16)24(20)15-7-3-2-4-8-15/h2-10,13-14H,11-12H2,1H3. The lowest BCUT2D eigenvalue weighted by atomic mass is 10.3. The molecular weight excluding hydrogens is 344 g/mol. The second-order valence-corrected chi connectivity index (χ2v) is 7.89. The van der Waals surface area contributed by atoms with Gasteiger partial charge in [-0.2, -0.15) is 4.98 Å². The molecule has 0 saturated heterocycles. The minimum Gasteiger partial charge on any atom is -0.338 e. The van der Waals surface area contributed by atoms with Crippen molar-refractivity contribution in [3.63, 3.8) is 0 Å². The average Bonchev–Trinajstić information content (AvgIpc) is 3.28. The molecule has 1 saturated carbocycles. The summed E-state index contributed by atoms with van der Waals surface area (Å²) in [6.45, 7) is 2.09. The summed E-state index contributed by atoms with van der Waals surface area (Å²) in [6, 6.07) is 18.5. The highest BCUT2D eigenvalue weighted by atomic mass is 32.2. The summed E-state index contributed by atoms with van der Waals surface area (Å²) in [5.74, 6) is 2.02. The molecule has 5 rings (SSSR count). The van der Waals surface area contributed by atoms with E-state index in [1.807, 2.05) is 36.4 Å². The summed E-state index contributed by atoms with van der Waals surface area (Å²) in [4.78, 5) is 9.43. The van der Waals surface area contributed by atoms with Crippen molar-refractivity contribution in [1.82, 2.24) is 19.7 Å². The highest BCUT2D eigenvalue weighted by Crippen LogP contribution is 2.41. The number of hydrogen-bond acceptors (Lipinski definition) is 5. The lowest BCUT2D eigenvalue weighted by Gasteiger charge is -2.10. The van der Waals surface area contributed by atoms with E-state index in [0.29, 0.717) is 11.8 Å². The number of rotatable bonds is 5. The summed E-state index contributed by atoms with van der Waals surface area (Å²) >= 11 is 1.64. The predicted octanol–water partition coefficient (Wildman–Crippen LogP) is 5.14. The van der Waals surface area contributed by atoms with E-state index in [1.54, 1.807) is 11.8 Å². The third kappa shape index (κ3) is 2.80. The molecule has 1 fully saturated rings. The van der Waals surface area contributed by atoms with Crippen LogP contribution in [0.1, 0.15) is 42.6 Å². The van der Waals surface area contributed by atoms with Gasteiger partial charge in [0.2, 0.25) is 5.89 Å². The van der Waals surface area contributed by atoms with Crippen LogP contribution in [0.3, 0.4) is 0 Å². The van der Waals surface area contributed by atoms with Gasteiger partial charge >= 0.3 is 0 Å². The fraction of sp³-hybridized carbons (Fsp3) is 0.250.